The van der Waals surface area contributed by atoms with Crippen molar-refractivity contribution < 1.29 is 13.9 Å². The fraction of sp³-hybridized carbons (Fsp3) is 0.179. The van der Waals surface area contributed by atoms with Crippen molar-refractivity contribution in [1.29, 1.82) is 0 Å². The predicted octanol–water partition coefficient (Wildman–Crippen LogP) is 6.64. The van der Waals surface area contributed by atoms with Crippen LogP contribution in [0.15, 0.2) is 65.7 Å². The predicted molar refractivity (Wildman–Crippen MR) is 137 cm³/mol. The van der Waals surface area contributed by atoms with Gasteiger partial charge in [0, 0.05) is 17.7 Å². The number of aromatic nitrogens is 2. The van der Waals surface area contributed by atoms with E-state index in [9.17, 15) is 9.18 Å². The lowest BCUT2D eigenvalue weighted by Crippen LogP contribution is -2.17. The number of thioether (sulfide) groups is 1. The Labute approximate surface area is 207 Å². The number of hydrogen-bond acceptors (Lipinski definition) is 5. The first kappa shape index (κ1) is 23.1. The van der Waals surface area contributed by atoms with Crippen LogP contribution in [-0.2, 0) is 11.2 Å². The average molecular weight is 486 g/mol. The molecule has 1 amide bonds. The third-order valence-corrected chi connectivity index (χ3v) is 6.88. The van der Waals surface area contributed by atoms with Crippen molar-refractivity contribution in [3.8, 4) is 23.0 Å². The number of anilines is 1. The maximum Gasteiger partial charge on any atom is 0.234 e. The molecule has 0 fully saturated rings. The normalized spacial score (nSPS) is 11.9. The van der Waals surface area contributed by atoms with E-state index in [0.717, 1.165) is 39.3 Å². The zero-order chi connectivity index (χ0) is 24.5. The van der Waals surface area contributed by atoms with Crippen molar-refractivity contribution in [2.75, 3.05) is 11.1 Å². The van der Waals surface area contributed by atoms with Gasteiger partial charge >= 0.3 is 0 Å². The molecule has 0 aliphatic carbocycles. The van der Waals surface area contributed by atoms with Gasteiger partial charge in [0.05, 0.1) is 11.3 Å². The maximum absolute atomic E-state index is 13.5. The topological polar surface area (TPSA) is 64.1 Å². The lowest BCUT2D eigenvalue weighted by Gasteiger charge is -2.21. The van der Waals surface area contributed by atoms with Crippen molar-refractivity contribution in [2.45, 2.75) is 32.2 Å². The van der Waals surface area contributed by atoms with Gasteiger partial charge < -0.3 is 10.1 Å². The highest BCUT2D eigenvalue weighted by Gasteiger charge is 2.24. The number of ether oxygens (including phenoxy) is 1. The van der Waals surface area contributed by atoms with Crippen LogP contribution in [0.3, 0.4) is 0 Å². The van der Waals surface area contributed by atoms with E-state index in [2.05, 4.69) is 22.4 Å². The molecule has 7 heteroatoms. The molecule has 1 aromatic heterocycles. The number of hydrogen-bond donors (Lipinski definition) is 1. The van der Waals surface area contributed by atoms with Gasteiger partial charge in [-0.05, 0) is 67.8 Å². The minimum atomic E-state index is -0.329. The minimum Gasteiger partial charge on any atom is -0.438 e. The number of amides is 1. The monoisotopic (exact) mass is 485 g/mol. The zero-order valence-electron chi connectivity index (χ0n) is 19.7. The standard InChI is InChI=1S/C28H24FN3O2S/c1-16-12-17(2)25(18(3)13-16)30-24(33)15-35-28-22-14-20-6-4-5-7-23(20)34-27(22)31-26(32-28)19-8-10-21(29)11-9-19/h4-13H,14-15H2,1-3H3,(H,30,33). The molecule has 176 valence electrons. The van der Waals surface area contributed by atoms with Crippen LogP contribution in [0.5, 0.6) is 11.6 Å². The lowest BCUT2D eigenvalue weighted by molar-refractivity contribution is -0.113. The average Bonchev–Trinajstić information content (AvgIpc) is 2.84. The Morgan fingerprint density at radius 2 is 1.74 bits per heavy atom. The number of carbonyl (C=O) groups is 1. The Balaban J connectivity index is 1.44. The van der Waals surface area contributed by atoms with Crippen molar-refractivity contribution in [3.63, 3.8) is 0 Å². The van der Waals surface area contributed by atoms with Gasteiger partial charge in [0.15, 0.2) is 5.82 Å². The summed E-state index contributed by atoms with van der Waals surface area (Å²) in [6, 6.07) is 17.9. The van der Waals surface area contributed by atoms with Crippen LogP contribution in [0, 0.1) is 26.6 Å². The first-order chi connectivity index (χ1) is 16.9. The zero-order valence-corrected chi connectivity index (χ0v) is 20.5. The van der Waals surface area contributed by atoms with Gasteiger partial charge in [-0.2, -0.15) is 4.98 Å². The van der Waals surface area contributed by atoms with Gasteiger partial charge in [0.1, 0.15) is 16.6 Å². The Hall–Kier alpha value is -3.71. The van der Waals surface area contributed by atoms with E-state index < -0.39 is 0 Å². The quantitative estimate of drug-likeness (QED) is 0.223. The number of carbonyl (C=O) groups excluding carboxylic acids is 1. The van der Waals surface area contributed by atoms with E-state index in [1.165, 1.54) is 23.9 Å². The second kappa shape index (κ2) is 9.50. The van der Waals surface area contributed by atoms with Crippen LogP contribution in [0.1, 0.15) is 27.8 Å². The number of nitrogens with one attached hydrogen (secondary N) is 1. The fourth-order valence-electron chi connectivity index (χ4n) is 4.26. The number of rotatable bonds is 5. The third-order valence-electron chi connectivity index (χ3n) is 5.86. The third kappa shape index (κ3) is 4.91. The van der Waals surface area contributed by atoms with Crippen molar-refractivity contribution in [1.82, 2.24) is 9.97 Å². The molecule has 0 spiro atoms. The molecule has 35 heavy (non-hydrogen) atoms. The Bertz CT molecular complexity index is 1410. The van der Waals surface area contributed by atoms with E-state index in [0.29, 0.717) is 28.7 Å². The summed E-state index contributed by atoms with van der Waals surface area (Å²) in [4.78, 5) is 22.3. The van der Waals surface area contributed by atoms with Gasteiger partial charge in [-0.3, -0.25) is 4.79 Å². The number of aryl methyl sites for hydroxylation is 3. The molecular weight excluding hydrogens is 461 g/mol. The van der Waals surface area contributed by atoms with E-state index in [-0.39, 0.29) is 17.5 Å². The highest BCUT2D eigenvalue weighted by molar-refractivity contribution is 8.00. The molecule has 1 aliphatic rings. The summed E-state index contributed by atoms with van der Waals surface area (Å²) in [6.45, 7) is 6.03. The molecule has 4 aromatic rings. The first-order valence-electron chi connectivity index (χ1n) is 11.3. The van der Waals surface area contributed by atoms with Crippen molar-refractivity contribution in [2.24, 2.45) is 0 Å². The van der Waals surface area contributed by atoms with Crippen LogP contribution in [-0.4, -0.2) is 21.6 Å². The van der Waals surface area contributed by atoms with Gasteiger partial charge in [-0.1, -0.05) is 47.7 Å². The Kier molecular flexibility index (Phi) is 6.26. The number of halogens is 1. The molecule has 0 saturated carbocycles. The van der Waals surface area contributed by atoms with E-state index in [4.69, 9.17) is 9.72 Å². The smallest absolute Gasteiger partial charge is 0.234 e. The molecule has 5 rings (SSSR count). The van der Waals surface area contributed by atoms with Crippen molar-refractivity contribution >= 4 is 23.4 Å². The molecule has 2 heterocycles. The molecular formula is C28H24FN3O2S. The summed E-state index contributed by atoms with van der Waals surface area (Å²) in [6.07, 6.45) is 0.606. The molecule has 1 aliphatic heterocycles. The van der Waals surface area contributed by atoms with Crippen molar-refractivity contribution in [3.05, 3.63) is 94.3 Å². The maximum atomic E-state index is 13.5. The number of nitrogens with zero attached hydrogens (tertiary/aromatic N) is 2. The first-order valence-corrected chi connectivity index (χ1v) is 12.3. The second-order valence-electron chi connectivity index (χ2n) is 8.64. The second-order valence-corrected chi connectivity index (χ2v) is 9.60. The van der Waals surface area contributed by atoms with E-state index >= 15 is 0 Å². The Morgan fingerprint density at radius 3 is 2.49 bits per heavy atom. The largest absolute Gasteiger partial charge is 0.438 e. The number of benzene rings is 3. The van der Waals surface area contributed by atoms with Crippen LogP contribution < -0.4 is 10.1 Å². The summed E-state index contributed by atoms with van der Waals surface area (Å²) in [5.74, 6) is 1.38. The van der Waals surface area contributed by atoms with Crippen LogP contribution in [0.4, 0.5) is 10.1 Å². The molecule has 0 radical (unpaired) electrons. The van der Waals surface area contributed by atoms with Gasteiger partial charge in [0.2, 0.25) is 11.8 Å². The molecule has 0 unspecified atom stereocenters. The number of fused-ring (bicyclic) bond motifs is 2. The molecule has 0 bridgehead atoms. The summed E-state index contributed by atoms with van der Waals surface area (Å²) in [5.41, 5.74) is 6.62. The number of para-hydroxylation sites is 1. The lowest BCUT2D eigenvalue weighted by atomic mass is 10.0. The SMILES string of the molecule is Cc1cc(C)c(NC(=O)CSc2nc(-c3ccc(F)cc3)nc3c2Cc2ccccc2O3)c(C)c1. The van der Waals surface area contributed by atoms with Crippen LogP contribution in [0.25, 0.3) is 11.4 Å². The van der Waals surface area contributed by atoms with Gasteiger partial charge in [-0.15, -0.1) is 0 Å². The minimum absolute atomic E-state index is 0.113. The summed E-state index contributed by atoms with van der Waals surface area (Å²) >= 11 is 1.35. The summed E-state index contributed by atoms with van der Waals surface area (Å²) < 4.78 is 19.6. The molecule has 0 saturated heterocycles. The highest BCUT2D eigenvalue weighted by Crippen LogP contribution is 2.40. The Morgan fingerprint density at radius 1 is 1.03 bits per heavy atom. The fourth-order valence-corrected chi connectivity index (χ4v) is 5.08. The summed E-state index contributed by atoms with van der Waals surface area (Å²) in [5, 5.41) is 3.73. The van der Waals surface area contributed by atoms with E-state index in [1.54, 1.807) is 12.1 Å². The molecule has 3 aromatic carbocycles. The van der Waals surface area contributed by atoms with Crippen LogP contribution in [0.2, 0.25) is 0 Å². The summed E-state index contributed by atoms with van der Waals surface area (Å²) in [7, 11) is 0. The van der Waals surface area contributed by atoms with E-state index in [1.807, 2.05) is 45.0 Å². The van der Waals surface area contributed by atoms with Crippen LogP contribution >= 0.6 is 11.8 Å². The highest BCUT2D eigenvalue weighted by atomic mass is 32.2. The molecule has 1 N–H and O–H groups in total. The molecule has 0 atom stereocenters. The molecule has 5 nitrogen and oxygen atoms in total. The van der Waals surface area contributed by atoms with Gasteiger partial charge in [-0.25, -0.2) is 9.37 Å². The van der Waals surface area contributed by atoms with Gasteiger partial charge in [0.25, 0.3) is 0 Å².